The van der Waals surface area contributed by atoms with Gasteiger partial charge in [0.15, 0.2) is 0 Å². The predicted octanol–water partition coefficient (Wildman–Crippen LogP) is 2.49. The normalized spacial score (nSPS) is 12.3. The van der Waals surface area contributed by atoms with Gasteiger partial charge in [-0.1, -0.05) is 6.92 Å². The summed E-state index contributed by atoms with van der Waals surface area (Å²) < 4.78 is 5.01. The Morgan fingerprint density at radius 2 is 2.19 bits per heavy atom. The first-order valence-electron chi connectivity index (χ1n) is 5.99. The lowest BCUT2D eigenvalue weighted by atomic mass is 10.0. The van der Waals surface area contributed by atoms with E-state index in [0.717, 1.165) is 19.6 Å². The van der Waals surface area contributed by atoms with Crippen molar-refractivity contribution in [3.8, 4) is 0 Å². The molecule has 0 aromatic carbocycles. The second kappa shape index (κ2) is 6.06. The van der Waals surface area contributed by atoms with E-state index in [1.54, 1.807) is 12.5 Å². The Labute approximate surface area is 98.8 Å². The molecule has 3 heteroatoms. The van der Waals surface area contributed by atoms with Gasteiger partial charge in [-0.2, -0.15) is 0 Å². The minimum atomic E-state index is 0.289. The van der Waals surface area contributed by atoms with Crippen LogP contribution in [-0.4, -0.2) is 30.6 Å². The van der Waals surface area contributed by atoms with Gasteiger partial charge in [-0.15, -0.1) is 0 Å². The highest BCUT2D eigenvalue weighted by molar-refractivity contribution is 5.04. The zero-order valence-corrected chi connectivity index (χ0v) is 10.9. The molecule has 0 unspecified atom stereocenters. The zero-order chi connectivity index (χ0) is 12.0. The number of rotatable bonds is 7. The molecule has 0 radical (unpaired) electrons. The zero-order valence-electron chi connectivity index (χ0n) is 10.9. The fourth-order valence-corrected chi connectivity index (χ4v) is 1.45. The van der Waals surface area contributed by atoms with Gasteiger partial charge in [0.1, 0.15) is 0 Å². The van der Waals surface area contributed by atoms with Crippen LogP contribution in [0, 0.1) is 0 Å². The second-order valence-corrected chi connectivity index (χ2v) is 4.90. The smallest absolute Gasteiger partial charge is 0.0947 e. The maximum absolute atomic E-state index is 5.01. The lowest BCUT2D eigenvalue weighted by molar-refractivity contribution is 0.152. The highest BCUT2D eigenvalue weighted by Gasteiger charge is 2.19. The van der Waals surface area contributed by atoms with Gasteiger partial charge in [0.25, 0.3) is 0 Å². The van der Waals surface area contributed by atoms with E-state index in [9.17, 15) is 0 Å². The number of nitrogens with zero attached hydrogens (tertiary/aromatic N) is 1. The third-order valence-electron chi connectivity index (χ3n) is 3.43. The largest absolute Gasteiger partial charge is 0.472 e. The van der Waals surface area contributed by atoms with Crippen molar-refractivity contribution in [2.24, 2.45) is 0 Å². The summed E-state index contributed by atoms with van der Waals surface area (Å²) >= 11 is 0. The van der Waals surface area contributed by atoms with Gasteiger partial charge in [-0.3, -0.25) is 4.90 Å². The van der Waals surface area contributed by atoms with Gasteiger partial charge in [-0.25, -0.2) is 0 Å². The van der Waals surface area contributed by atoms with Crippen LogP contribution < -0.4 is 5.32 Å². The van der Waals surface area contributed by atoms with Gasteiger partial charge < -0.3 is 9.73 Å². The van der Waals surface area contributed by atoms with E-state index in [1.807, 2.05) is 6.07 Å². The molecule has 0 bridgehead atoms. The van der Waals surface area contributed by atoms with Crippen molar-refractivity contribution in [3.63, 3.8) is 0 Å². The minimum Gasteiger partial charge on any atom is -0.472 e. The number of likely N-dealkylation sites (N-methyl/N-ethyl adjacent to an activating group) is 1. The predicted molar refractivity (Wildman–Crippen MR) is 67.4 cm³/mol. The van der Waals surface area contributed by atoms with Crippen molar-refractivity contribution >= 4 is 0 Å². The van der Waals surface area contributed by atoms with Crippen molar-refractivity contribution in [2.45, 2.75) is 39.3 Å². The molecule has 0 amide bonds. The monoisotopic (exact) mass is 224 g/mol. The molecular weight excluding hydrogens is 200 g/mol. The molecule has 0 saturated carbocycles. The van der Waals surface area contributed by atoms with Crippen LogP contribution in [0.1, 0.15) is 32.8 Å². The van der Waals surface area contributed by atoms with Crippen molar-refractivity contribution < 1.29 is 4.42 Å². The van der Waals surface area contributed by atoms with Crippen LogP contribution in [0.25, 0.3) is 0 Å². The van der Waals surface area contributed by atoms with Crippen molar-refractivity contribution in [3.05, 3.63) is 24.2 Å². The van der Waals surface area contributed by atoms with Crippen molar-refractivity contribution in [1.82, 2.24) is 10.2 Å². The Morgan fingerprint density at radius 3 is 2.75 bits per heavy atom. The molecule has 0 saturated heterocycles. The molecule has 92 valence electrons. The molecule has 1 rings (SSSR count). The average Bonchev–Trinajstić information content (AvgIpc) is 2.76. The molecule has 16 heavy (non-hydrogen) atoms. The average molecular weight is 224 g/mol. The summed E-state index contributed by atoms with van der Waals surface area (Å²) in [7, 11) is 2.18. The highest BCUT2D eigenvalue weighted by atomic mass is 16.3. The molecule has 0 aliphatic carbocycles. The van der Waals surface area contributed by atoms with Gasteiger partial charge in [0.05, 0.1) is 12.5 Å². The van der Waals surface area contributed by atoms with Gasteiger partial charge in [0, 0.05) is 30.7 Å². The van der Waals surface area contributed by atoms with Crippen LogP contribution in [-0.2, 0) is 6.54 Å². The lowest BCUT2D eigenvalue weighted by Gasteiger charge is -2.34. The minimum absolute atomic E-state index is 0.289. The summed E-state index contributed by atoms with van der Waals surface area (Å²) in [5, 5.41) is 3.41. The quantitative estimate of drug-likeness (QED) is 0.721. The van der Waals surface area contributed by atoms with E-state index in [4.69, 9.17) is 4.42 Å². The van der Waals surface area contributed by atoms with E-state index >= 15 is 0 Å². The summed E-state index contributed by atoms with van der Waals surface area (Å²) in [6, 6.07) is 1.99. The van der Waals surface area contributed by atoms with Gasteiger partial charge in [0.2, 0.25) is 0 Å². The molecule has 1 aromatic heterocycles. The molecule has 3 nitrogen and oxygen atoms in total. The Morgan fingerprint density at radius 1 is 1.44 bits per heavy atom. The molecule has 0 spiro atoms. The topological polar surface area (TPSA) is 28.4 Å². The van der Waals surface area contributed by atoms with E-state index in [1.165, 1.54) is 12.0 Å². The fraction of sp³-hybridized carbons (Fsp3) is 0.692. The molecule has 1 heterocycles. The maximum atomic E-state index is 5.01. The lowest BCUT2D eigenvalue weighted by Crippen LogP contribution is -2.43. The third kappa shape index (κ3) is 3.99. The summed E-state index contributed by atoms with van der Waals surface area (Å²) in [6.07, 6.45) is 4.67. The first kappa shape index (κ1) is 13.3. The van der Waals surface area contributed by atoms with Gasteiger partial charge in [-0.05, 0) is 33.4 Å². The SMILES string of the molecule is CCC(C)(C)N(C)CCNCc1ccoc1. The standard InChI is InChI=1S/C13H24N2O/c1-5-13(2,3)15(4)8-7-14-10-12-6-9-16-11-12/h6,9,11,14H,5,7-8,10H2,1-4H3. The summed E-state index contributed by atoms with van der Waals surface area (Å²) in [6.45, 7) is 9.75. The van der Waals surface area contributed by atoms with Gasteiger partial charge >= 0.3 is 0 Å². The summed E-state index contributed by atoms with van der Waals surface area (Å²) in [4.78, 5) is 2.40. The Hall–Kier alpha value is -0.800. The van der Waals surface area contributed by atoms with Crippen LogP contribution in [0.15, 0.2) is 23.0 Å². The van der Waals surface area contributed by atoms with E-state index in [2.05, 4.69) is 38.0 Å². The van der Waals surface area contributed by atoms with Crippen molar-refractivity contribution in [1.29, 1.82) is 0 Å². The molecule has 1 aromatic rings. The van der Waals surface area contributed by atoms with E-state index in [0.29, 0.717) is 0 Å². The molecular formula is C13H24N2O. The highest BCUT2D eigenvalue weighted by Crippen LogP contribution is 2.15. The number of furan rings is 1. The maximum Gasteiger partial charge on any atom is 0.0947 e. The molecule has 0 fully saturated rings. The molecule has 1 N–H and O–H groups in total. The molecule has 0 atom stereocenters. The van der Waals surface area contributed by atoms with Crippen LogP contribution in [0.5, 0.6) is 0 Å². The Bertz CT molecular complexity index is 280. The Kier molecular flexibility index (Phi) is 5.03. The van der Waals surface area contributed by atoms with E-state index in [-0.39, 0.29) is 5.54 Å². The second-order valence-electron chi connectivity index (χ2n) is 4.90. The molecule has 0 aliphatic heterocycles. The Balaban J connectivity index is 2.16. The van der Waals surface area contributed by atoms with E-state index < -0.39 is 0 Å². The number of hydrogen-bond donors (Lipinski definition) is 1. The van der Waals surface area contributed by atoms with Crippen molar-refractivity contribution in [2.75, 3.05) is 20.1 Å². The van der Waals surface area contributed by atoms with Crippen LogP contribution >= 0.6 is 0 Å². The van der Waals surface area contributed by atoms with Crippen LogP contribution in [0.2, 0.25) is 0 Å². The first-order chi connectivity index (χ1) is 7.56. The van der Waals surface area contributed by atoms with Crippen LogP contribution in [0.3, 0.4) is 0 Å². The number of nitrogens with one attached hydrogen (secondary N) is 1. The van der Waals surface area contributed by atoms with Crippen LogP contribution in [0.4, 0.5) is 0 Å². The first-order valence-corrected chi connectivity index (χ1v) is 5.99. The third-order valence-corrected chi connectivity index (χ3v) is 3.43. The number of hydrogen-bond acceptors (Lipinski definition) is 3. The molecule has 0 aliphatic rings. The fourth-order valence-electron chi connectivity index (χ4n) is 1.45. The summed E-state index contributed by atoms with van der Waals surface area (Å²) in [5.41, 5.74) is 1.49. The summed E-state index contributed by atoms with van der Waals surface area (Å²) in [5.74, 6) is 0.